The van der Waals surface area contributed by atoms with Crippen LogP contribution in [-0.4, -0.2) is 56.4 Å². The second kappa shape index (κ2) is 9.68. The molecule has 0 bridgehead atoms. The molecule has 0 radical (unpaired) electrons. The lowest BCUT2D eigenvalue weighted by atomic mass is 10.5. The predicted octanol–water partition coefficient (Wildman–Crippen LogP) is 1.09. The third kappa shape index (κ3) is 24.5. The van der Waals surface area contributed by atoms with E-state index in [9.17, 15) is 4.79 Å². The summed E-state index contributed by atoms with van der Waals surface area (Å²) in [6, 6.07) is 0. The molecule has 0 aromatic heterocycles. The highest BCUT2D eigenvalue weighted by molar-refractivity contribution is 5.72. The van der Waals surface area contributed by atoms with Crippen LogP contribution < -0.4 is 0 Å². The number of rotatable bonds is 4. The Hall–Kier alpha value is -0.410. The lowest BCUT2D eigenvalue weighted by Gasteiger charge is -2.16. The third-order valence-corrected chi connectivity index (χ3v) is 1.47. The molecule has 0 aliphatic heterocycles. The summed E-state index contributed by atoms with van der Waals surface area (Å²) in [6.45, 7) is 8.71. The van der Waals surface area contributed by atoms with E-state index in [1.165, 1.54) is 20.4 Å². The zero-order chi connectivity index (χ0) is 10.9. The summed E-state index contributed by atoms with van der Waals surface area (Å²) in [5, 5.41) is 0. The minimum absolute atomic E-state index is 0.167. The van der Waals surface area contributed by atoms with Gasteiger partial charge in [-0.1, -0.05) is 6.92 Å². The van der Waals surface area contributed by atoms with Crippen molar-refractivity contribution < 1.29 is 4.79 Å². The second-order valence-electron chi connectivity index (χ2n) is 3.61. The van der Waals surface area contributed by atoms with Gasteiger partial charge in [-0.3, -0.25) is 0 Å². The number of likely N-dealkylation sites (N-methyl/N-ethyl adjacent to an activating group) is 2. The molecular weight excluding hydrogens is 164 g/mol. The molecule has 0 saturated carbocycles. The minimum Gasteiger partial charge on any atom is -0.308 e. The second-order valence-corrected chi connectivity index (χ2v) is 3.61. The van der Waals surface area contributed by atoms with Gasteiger partial charge in [0.15, 0.2) is 0 Å². The van der Waals surface area contributed by atoms with E-state index in [-0.39, 0.29) is 5.78 Å². The molecule has 3 nitrogen and oxygen atoms in total. The molecule has 0 spiro atoms. The monoisotopic (exact) mass is 188 g/mol. The van der Waals surface area contributed by atoms with Gasteiger partial charge >= 0.3 is 0 Å². The zero-order valence-electron chi connectivity index (χ0n) is 9.92. The largest absolute Gasteiger partial charge is 0.308 e. The summed E-state index contributed by atoms with van der Waals surface area (Å²) in [5.74, 6) is 0.167. The third-order valence-electron chi connectivity index (χ3n) is 1.47. The van der Waals surface area contributed by atoms with Gasteiger partial charge in [-0.25, -0.2) is 0 Å². The van der Waals surface area contributed by atoms with Crippen molar-refractivity contribution in [3.63, 3.8) is 0 Å². The Morgan fingerprint density at radius 3 is 1.69 bits per heavy atom. The van der Waals surface area contributed by atoms with Crippen LogP contribution in [0.4, 0.5) is 0 Å². The zero-order valence-corrected chi connectivity index (χ0v) is 9.92. The molecule has 0 aliphatic carbocycles. The van der Waals surface area contributed by atoms with Crippen LogP contribution in [0.5, 0.6) is 0 Å². The highest BCUT2D eigenvalue weighted by Gasteiger charge is 1.93. The van der Waals surface area contributed by atoms with E-state index in [1.807, 2.05) is 0 Å². The molecule has 3 heteroatoms. The normalized spacial score (nSPS) is 9.85. The molecule has 0 aromatic rings. The molecular formula is C10H24N2O. The average molecular weight is 188 g/mol. The lowest BCUT2D eigenvalue weighted by molar-refractivity contribution is -0.114. The van der Waals surface area contributed by atoms with E-state index in [2.05, 4.69) is 37.9 Å². The van der Waals surface area contributed by atoms with E-state index >= 15 is 0 Å². The minimum atomic E-state index is 0.167. The van der Waals surface area contributed by atoms with Crippen molar-refractivity contribution in [1.82, 2.24) is 9.80 Å². The Morgan fingerprint density at radius 2 is 1.46 bits per heavy atom. The summed E-state index contributed by atoms with van der Waals surface area (Å²) < 4.78 is 0. The predicted molar refractivity (Wildman–Crippen MR) is 58.1 cm³/mol. The maximum Gasteiger partial charge on any atom is 0.126 e. The van der Waals surface area contributed by atoms with Crippen molar-refractivity contribution in [1.29, 1.82) is 0 Å². The average Bonchev–Trinajstić information content (AvgIpc) is 1.99. The van der Waals surface area contributed by atoms with Gasteiger partial charge in [0.25, 0.3) is 0 Å². The van der Waals surface area contributed by atoms with Gasteiger partial charge in [-0.05, 0) is 41.5 Å². The highest BCUT2D eigenvalue weighted by atomic mass is 16.1. The first-order valence-corrected chi connectivity index (χ1v) is 4.70. The van der Waals surface area contributed by atoms with Gasteiger partial charge in [0.2, 0.25) is 0 Å². The van der Waals surface area contributed by atoms with Crippen LogP contribution in [0.25, 0.3) is 0 Å². The molecule has 0 amide bonds. The fourth-order valence-electron chi connectivity index (χ4n) is 0.529. The molecule has 0 aliphatic rings. The summed E-state index contributed by atoms with van der Waals surface area (Å²) in [5.41, 5.74) is 0. The Labute approximate surface area is 82.7 Å². The smallest absolute Gasteiger partial charge is 0.126 e. The summed E-state index contributed by atoms with van der Waals surface area (Å²) >= 11 is 0. The SMILES string of the molecule is CC(C)=O.CCN(C)CCN(C)C. The topological polar surface area (TPSA) is 23.6 Å². The number of carbonyl (C=O) groups is 1. The quantitative estimate of drug-likeness (QED) is 0.660. The molecule has 0 rings (SSSR count). The first-order valence-electron chi connectivity index (χ1n) is 4.70. The van der Waals surface area contributed by atoms with Gasteiger partial charge in [-0.15, -0.1) is 0 Å². The van der Waals surface area contributed by atoms with Crippen molar-refractivity contribution in [2.24, 2.45) is 0 Å². The maximum atomic E-state index is 9.44. The molecule has 0 saturated heterocycles. The molecule has 0 heterocycles. The molecule has 0 unspecified atom stereocenters. The number of hydrogen-bond acceptors (Lipinski definition) is 3. The number of Topliss-reactive ketones (excluding diaryl/α,β-unsaturated/α-hetero) is 1. The standard InChI is InChI=1S/C7H18N2.C3H6O/c1-5-9(4)7-6-8(2)3;1-3(2)4/h5-7H2,1-4H3;1-2H3. The van der Waals surface area contributed by atoms with Gasteiger partial charge in [0.1, 0.15) is 5.78 Å². The Bertz CT molecular complexity index is 120. The Kier molecular flexibility index (Phi) is 11.2. The molecule has 13 heavy (non-hydrogen) atoms. The number of ketones is 1. The van der Waals surface area contributed by atoms with E-state index in [0.717, 1.165) is 13.1 Å². The molecule has 80 valence electrons. The van der Waals surface area contributed by atoms with Crippen LogP contribution in [0.2, 0.25) is 0 Å². The van der Waals surface area contributed by atoms with E-state index in [4.69, 9.17) is 0 Å². The van der Waals surface area contributed by atoms with Crippen LogP contribution in [0.15, 0.2) is 0 Å². The first-order chi connectivity index (χ1) is 5.90. The van der Waals surface area contributed by atoms with Gasteiger partial charge in [-0.2, -0.15) is 0 Å². The van der Waals surface area contributed by atoms with Crippen molar-refractivity contribution in [2.45, 2.75) is 20.8 Å². The highest BCUT2D eigenvalue weighted by Crippen LogP contribution is 1.81. The van der Waals surface area contributed by atoms with Crippen LogP contribution in [0.3, 0.4) is 0 Å². The Balaban J connectivity index is 0. The van der Waals surface area contributed by atoms with Crippen LogP contribution in [0, 0.1) is 0 Å². The van der Waals surface area contributed by atoms with Gasteiger partial charge in [0.05, 0.1) is 0 Å². The number of hydrogen-bond donors (Lipinski definition) is 0. The summed E-state index contributed by atoms with van der Waals surface area (Å²) in [6.07, 6.45) is 0. The summed E-state index contributed by atoms with van der Waals surface area (Å²) in [7, 11) is 6.34. The van der Waals surface area contributed by atoms with Crippen LogP contribution in [0.1, 0.15) is 20.8 Å². The van der Waals surface area contributed by atoms with E-state index < -0.39 is 0 Å². The molecule has 0 fully saturated rings. The van der Waals surface area contributed by atoms with Gasteiger partial charge < -0.3 is 14.6 Å². The van der Waals surface area contributed by atoms with Crippen LogP contribution >= 0.6 is 0 Å². The maximum absolute atomic E-state index is 9.44. The van der Waals surface area contributed by atoms with E-state index in [1.54, 1.807) is 0 Å². The van der Waals surface area contributed by atoms with Crippen molar-refractivity contribution in [3.8, 4) is 0 Å². The fraction of sp³-hybridized carbons (Fsp3) is 0.900. The van der Waals surface area contributed by atoms with Gasteiger partial charge in [0, 0.05) is 13.1 Å². The Morgan fingerprint density at radius 1 is 1.08 bits per heavy atom. The molecule has 0 aromatic carbocycles. The van der Waals surface area contributed by atoms with E-state index in [0.29, 0.717) is 0 Å². The summed E-state index contributed by atoms with van der Waals surface area (Å²) in [4.78, 5) is 14.0. The fourth-order valence-corrected chi connectivity index (χ4v) is 0.529. The van der Waals surface area contributed by atoms with Crippen LogP contribution in [-0.2, 0) is 4.79 Å². The lowest BCUT2D eigenvalue weighted by Crippen LogP contribution is -2.28. The number of carbonyl (C=O) groups excluding carboxylic acids is 1. The molecule has 0 N–H and O–H groups in total. The van der Waals surface area contributed by atoms with Crippen molar-refractivity contribution in [3.05, 3.63) is 0 Å². The van der Waals surface area contributed by atoms with Crippen molar-refractivity contribution >= 4 is 5.78 Å². The molecule has 0 atom stereocenters. The van der Waals surface area contributed by atoms with Crippen molar-refractivity contribution in [2.75, 3.05) is 40.8 Å². The number of nitrogens with zero attached hydrogens (tertiary/aromatic N) is 2. The first kappa shape index (κ1) is 15.1.